The van der Waals surface area contributed by atoms with Crippen LogP contribution in [0.1, 0.15) is 11.1 Å². The molecule has 0 aliphatic carbocycles. The van der Waals surface area contributed by atoms with Crippen molar-refractivity contribution in [2.75, 3.05) is 35.9 Å². The number of carbonyl (C=O) groups is 1. The van der Waals surface area contributed by atoms with Crippen LogP contribution in [0.5, 0.6) is 0 Å². The number of para-hydroxylation sites is 1. The van der Waals surface area contributed by atoms with Crippen molar-refractivity contribution in [2.24, 2.45) is 0 Å². The summed E-state index contributed by atoms with van der Waals surface area (Å²) in [5.74, 6) is -0.355. The SMILES string of the molecule is Cc1ccc(C)c(N(CC(=O)NCCN(C)c2ccccc2)S(=O)(=O)c2ccccc2)c1. The van der Waals surface area contributed by atoms with Gasteiger partial charge in [-0.2, -0.15) is 0 Å². The van der Waals surface area contributed by atoms with E-state index in [9.17, 15) is 13.2 Å². The molecule has 6 nitrogen and oxygen atoms in total. The van der Waals surface area contributed by atoms with Gasteiger partial charge in [0.1, 0.15) is 6.54 Å². The summed E-state index contributed by atoms with van der Waals surface area (Å²) >= 11 is 0. The Balaban J connectivity index is 1.77. The van der Waals surface area contributed by atoms with Crippen LogP contribution >= 0.6 is 0 Å². The second-order valence-corrected chi connectivity index (χ2v) is 9.58. The molecule has 32 heavy (non-hydrogen) atoms. The number of rotatable bonds is 9. The zero-order chi connectivity index (χ0) is 23.1. The standard InChI is InChI=1S/C25H29N3O3S/c1-20-14-15-21(2)24(18-20)28(32(30,31)23-12-8-5-9-13-23)19-25(29)26-16-17-27(3)22-10-6-4-7-11-22/h4-15,18H,16-17,19H2,1-3H3,(H,26,29). The molecular formula is C25H29N3O3S. The smallest absolute Gasteiger partial charge is 0.264 e. The molecule has 0 bridgehead atoms. The van der Waals surface area contributed by atoms with Crippen molar-refractivity contribution in [3.63, 3.8) is 0 Å². The van der Waals surface area contributed by atoms with Gasteiger partial charge < -0.3 is 10.2 Å². The first-order valence-electron chi connectivity index (χ1n) is 10.5. The van der Waals surface area contributed by atoms with E-state index < -0.39 is 10.0 Å². The molecule has 0 saturated heterocycles. The molecule has 0 atom stereocenters. The van der Waals surface area contributed by atoms with Gasteiger partial charge in [-0.3, -0.25) is 9.10 Å². The molecule has 1 N–H and O–H groups in total. The molecule has 0 spiro atoms. The van der Waals surface area contributed by atoms with Crippen molar-refractivity contribution in [1.29, 1.82) is 0 Å². The molecule has 0 radical (unpaired) electrons. The van der Waals surface area contributed by atoms with Crippen molar-refractivity contribution in [3.8, 4) is 0 Å². The van der Waals surface area contributed by atoms with Gasteiger partial charge in [-0.1, -0.05) is 48.5 Å². The number of amides is 1. The van der Waals surface area contributed by atoms with Crippen molar-refractivity contribution in [1.82, 2.24) is 5.32 Å². The first-order valence-corrected chi connectivity index (χ1v) is 11.9. The van der Waals surface area contributed by atoms with Crippen LogP contribution < -0.4 is 14.5 Å². The highest BCUT2D eigenvalue weighted by atomic mass is 32.2. The number of likely N-dealkylation sites (N-methyl/N-ethyl adjacent to an activating group) is 1. The Hall–Kier alpha value is -3.32. The van der Waals surface area contributed by atoms with Crippen LogP contribution in [0.4, 0.5) is 11.4 Å². The van der Waals surface area contributed by atoms with Gasteiger partial charge in [0, 0.05) is 25.8 Å². The summed E-state index contributed by atoms with van der Waals surface area (Å²) in [5, 5.41) is 2.85. The van der Waals surface area contributed by atoms with Crippen molar-refractivity contribution in [3.05, 3.63) is 90.0 Å². The Morgan fingerprint density at radius 2 is 1.53 bits per heavy atom. The van der Waals surface area contributed by atoms with Gasteiger partial charge in [0.25, 0.3) is 10.0 Å². The van der Waals surface area contributed by atoms with E-state index in [1.54, 1.807) is 36.4 Å². The quantitative estimate of drug-likeness (QED) is 0.538. The van der Waals surface area contributed by atoms with Crippen LogP contribution in [-0.2, 0) is 14.8 Å². The van der Waals surface area contributed by atoms with Gasteiger partial charge in [0.05, 0.1) is 10.6 Å². The summed E-state index contributed by atoms with van der Waals surface area (Å²) in [5.41, 5.74) is 3.26. The van der Waals surface area contributed by atoms with Crippen molar-refractivity contribution >= 4 is 27.3 Å². The van der Waals surface area contributed by atoms with Crippen LogP contribution in [0.3, 0.4) is 0 Å². The molecule has 3 aromatic carbocycles. The molecule has 0 fully saturated rings. The first kappa shape index (κ1) is 23.3. The van der Waals surface area contributed by atoms with E-state index >= 15 is 0 Å². The number of hydrogen-bond donors (Lipinski definition) is 1. The second-order valence-electron chi connectivity index (χ2n) is 7.72. The van der Waals surface area contributed by atoms with Crippen LogP contribution in [0.25, 0.3) is 0 Å². The summed E-state index contributed by atoms with van der Waals surface area (Å²) < 4.78 is 28.1. The maximum absolute atomic E-state index is 13.4. The van der Waals surface area contributed by atoms with Crippen LogP contribution in [0.2, 0.25) is 0 Å². The maximum Gasteiger partial charge on any atom is 0.264 e. The molecule has 0 saturated carbocycles. The summed E-state index contributed by atoms with van der Waals surface area (Å²) in [6.07, 6.45) is 0. The summed E-state index contributed by atoms with van der Waals surface area (Å²) in [6.45, 7) is 4.45. The summed E-state index contributed by atoms with van der Waals surface area (Å²) in [4.78, 5) is 15.0. The second kappa shape index (κ2) is 10.3. The molecule has 168 valence electrons. The predicted octanol–water partition coefficient (Wildman–Crippen LogP) is 3.75. The molecular weight excluding hydrogens is 422 g/mol. The fourth-order valence-corrected chi connectivity index (χ4v) is 4.87. The van der Waals surface area contributed by atoms with Crippen LogP contribution in [0, 0.1) is 13.8 Å². The highest BCUT2D eigenvalue weighted by Gasteiger charge is 2.28. The Morgan fingerprint density at radius 3 is 2.19 bits per heavy atom. The van der Waals surface area contributed by atoms with Crippen molar-refractivity contribution < 1.29 is 13.2 Å². The van der Waals surface area contributed by atoms with Gasteiger partial charge in [-0.25, -0.2) is 8.42 Å². The molecule has 0 unspecified atom stereocenters. The first-order chi connectivity index (χ1) is 15.3. The average Bonchev–Trinajstić information content (AvgIpc) is 2.80. The number of nitrogens with zero attached hydrogens (tertiary/aromatic N) is 2. The Morgan fingerprint density at radius 1 is 0.906 bits per heavy atom. The summed E-state index contributed by atoms with van der Waals surface area (Å²) in [6, 6.07) is 23.6. The topological polar surface area (TPSA) is 69.7 Å². The van der Waals surface area contributed by atoms with E-state index in [1.807, 2.05) is 68.3 Å². The minimum absolute atomic E-state index is 0.150. The Bertz CT molecular complexity index is 1150. The number of nitrogens with one attached hydrogen (secondary N) is 1. The zero-order valence-corrected chi connectivity index (χ0v) is 19.5. The van der Waals surface area contributed by atoms with Crippen LogP contribution in [-0.4, -0.2) is 41.0 Å². The van der Waals surface area contributed by atoms with E-state index in [4.69, 9.17) is 0 Å². The monoisotopic (exact) mass is 451 g/mol. The molecule has 3 rings (SSSR count). The van der Waals surface area contributed by atoms with Gasteiger partial charge in [0.15, 0.2) is 0 Å². The van der Waals surface area contributed by atoms with Crippen molar-refractivity contribution in [2.45, 2.75) is 18.7 Å². The third-order valence-electron chi connectivity index (χ3n) is 5.22. The number of benzene rings is 3. The molecule has 0 aliphatic heterocycles. The van der Waals surface area contributed by atoms with E-state index in [0.29, 0.717) is 18.8 Å². The highest BCUT2D eigenvalue weighted by Crippen LogP contribution is 2.27. The van der Waals surface area contributed by atoms with Gasteiger partial charge >= 0.3 is 0 Å². The third kappa shape index (κ3) is 5.68. The van der Waals surface area contributed by atoms with Crippen LogP contribution in [0.15, 0.2) is 83.8 Å². The predicted molar refractivity (Wildman–Crippen MR) is 130 cm³/mol. The lowest BCUT2D eigenvalue weighted by atomic mass is 10.1. The summed E-state index contributed by atoms with van der Waals surface area (Å²) in [7, 11) is -1.96. The van der Waals surface area contributed by atoms with Gasteiger partial charge in [0.2, 0.25) is 5.91 Å². The zero-order valence-electron chi connectivity index (χ0n) is 18.7. The number of carbonyl (C=O) groups excluding carboxylic acids is 1. The molecule has 0 aliphatic rings. The number of anilines is 2. The maximum atomic E-state index is 13.4. The lowest BCUT2D eigenvalue weighted by Gasteiger charge is -2.26. The van der Waals surface area contributed by atoms with Gasteiger partial charge in [-0.05, 0) is 55.3 Å². The van der Waals surface area contributed by atoms with E-state index in [1.165, 1.54) is 4.31 Å². The lowest BCUT2D eigenvalue weighted by molar-refractivity contribution is -0.119. The molecule has 3 aromatic rings. The number of aryl methyl sites for hydroxylation is 2. The fourth-order valence-electron chi connectivity index (χ4n) is 3.37. The van der Waals surface area contributed by atoms with E-state index in [2.05, 4.69) is 5.32 Å². The minimum Gasteiger partial charge on any atom is -0.373 e. The lowest BCUT2D eigenvalue weighted by Crippen LogP contribution is -2.43. The Labute approximate surface area is 190 Å². The number of sulfonamides is 1. The third-order valence-corrected chi connectivity index (χ3v) is 6.99. The normalized spacial score (nSPS) is 11.1. The van der Waals surface area contributed by atoms with E-state index in [-0.39, 0.29) is 17.3 Å². The average molecular weight is 452 g/mol. The minimum atomic E-state index is -3.91. The number of hydrogen-bond acceptors (Lipinski definition) is 4. The molecule has 1 amide bonds. The highest BCUT2D eigenvalue weighted by molar-refractivity contribution is 7.92. The van der Waals surface area contributed by atoms with E-state index in [0.717, 1.165) is 16.8 Å². The Kier molecular flexibility index (Phi) is 7.53. The fraction of sp³-hybridized carbons (Fsp3) is 0.240. The molecule has 0 aromatic heterocycles. The molecule has 0 heterocycles. The molecule has 7 heteroatoms. The largest absolute Gasteiger partial charge is 0.373 e. The van der Waals surface area contributed by atoms with Gasteiger partial charge in [-0.15, -0.1) is 0 Å².